The summed E-state index contributed by atoms with van der Waals surface area (Å²) in [5.41, 5.74) is 7.73. The highest BCUT2D eigenvalue weighted by atomic mass is 16.3. The summed E-state index contributed by atoms with van der Waals surface area (Å²) in [4.78, 5) is 4.38. The Balaban J connectivity index is 2.49. The van der Waals surface area contributed by atoms with Gasteiger partial charge in [-0.25, -0.2) is 4.98 Å². The van der Waals surface area contributed by atoms with Gasteiger partial charge in [-0.1, -0.05) is 13.8 Å². The number of rotatable bonds is 3. The van der Waals surface area contributed by atoms with Gasteiger partial charge in [0.25, 0.3) is 0 Å². The minimum absolute atomic E-state index is 0.0403. The smallest absolute Gasteiger partial charge is 0.115 e. The molecule has 1 unspecified atom stereocenters. The highest BCUT2D eigenvalue weighted by molar-refractivity contribution is 5.49. The van der Waals surface area contributed by atoms with E-state index in [0.29, 0.717) is 5.92 Å². The molecule has 0 bridgehead atoms. The molecule has 0 spiro atoms. The maximum absolute atomic E-state index is 9.01. The molecule has 0 radical (unpaired) electrons. The van der Waals surface area contributed by atoms with Crippen molar-refractivity contribution in [3.05, 3.63) is 35.9 Å². The van der Waals surface area contributed by atoms with E-state index in [1.54, 1.807) is 0 Å². The third-order valence-corrected chi connectivity index (χ3v) is 2.73. The Morgan fingerprint density at radius 2 is 2.25 bits per heavy atom. The fraction of sp³-hybridized carbons (Fsp3) is 0.417. The Morgan fingerprint density at radius 3 is 2.88 bits per heavy atom. The lowest BCUT2D eigenvalue weighted by Gasteiger charge is -2.10. The SMILES string of the molecule is CC(C)c1ncc2cc(C(N)CO)ccn12. The molecule has 4 nitrogen and oxygen atoms in total. The van der Waals surface area contributed by atoms with Gasteiger partial charge >= 0.3 is 0 Å². The van der Waals surface area contributed by atoms with Crippen molar-refractivity contribution in [3.8, 4) is 0 Å². The van der Waals surface area contributed by atoms with Crippen LogP contribution in [0, 0.1) is 0 Å². The molecule has 0 saturated carbocycles. The van der Waals surface area contributed by atoms with Gasteiger partial charge in [-0.15, -0.1) is 0 Å². The van der Waals surface area contributed by atoms with E-state index in [9.17, 15) is 0 Å². The number of nitrogens with zero attached hydrogens (tertiary/aromatic N) is 2. The normalized spacial score (nSPS) is 13.6. The van der Waals surface area contributed by atoms with E-state index in [2.05, 4.69) is 23.2 Å². The molecule has 2 heterocycles. The number of hydrogen-bond donors (Lipinski definition) is 2. The van der Waals surface area contributed by atoms with E-state index in [1.807, 2.05) is 24.5 Å². The number of aliphatic hydroxyl groups excluding tert-OH is 1. The van der Waals surface area contributed by atoms with Crippen molar-refractivity contribution in [2.45, 2.75) is 25.8 Å². The van der Waals surface area contributed by atoms with Crippen LogP contribution in [0.2, 0.25) is 0 Å². The fourth-order valence-corrected chi connectivity index (χ4v) is 1.80. The van der Waals surface area contributed by atoms with Crippen LogP contribution in [-0.4, -0.2) is 21.1 Å². The Bertz CT molecular complexity index is 490. The first kappa shape index (κ1) is 11.1. The van der Waals surface area contributed by atoms with E-state index in [-0.39, 0.29) is 12.6 Å². The van der Waals surface area contributed by atoms with Crippen molar-refractivity contribution >= 4 is 5.52 Å². The maximum atomic E-state index is 9.01. The molecule has 0 aromatic carbocycles. The third kappa shape index (κ3) is 1.81. The van der Waals surface area contributed by atoms with Gasteiger partial charge < -0.3 is 15.2 Å². The van der Waals surface area contributed by atoms with Gasteiger partial charge in [-0.3, -0.25) is 0 Å². The zero-order chi connectivity index (χ0) is 11.7. The summed E-state index contributed by atoms with van der Waals surface area (Å²) in [7, 11) is 0. The van der Waals surface area contributed by atoms with Crippen LogP contribution in [0.15, 0.2) is 24.5 Å². The summed E-state index contributed by atoms with van der Waals surface area (Å²) in [6.45, 7) is 4.19. The second kappa shape index (κ2) is 4.23. The first-order valence-corrected chi connectivity index (χ1v) is 5.47. The lowest BCUT2D eigenvalue weighted by Crippen LogP contribution is -2.14. The molecule has 0 aliphatic rings. The van der Waals surface area contributed by atoms with Gasteiger partial charge in [0, 0.05) is 12.1 Å². The van der Waals surface area contributed by atoms with Gasteiger partial charge in [0.2, 0.25) is 0 Å². The number of nitrogens with two attached hydrogens (primary N) is 1. The van der Waals surface area contributed by atoms with Gasteiger partial charge in [-0.05, 0) is 17.7 Å². The van der Waals surface area contributed by atoms with Crippen molar-refractivity contribution in [1.29, 1.82) is 0 Å². The number of hydrogen-bond acceptors (Lipinski definition) is 3. The number of fused-ring (bicyclic) bond motifs is 1. The second-order valence-electron chi connectivity index (χ2n) is 4.32. The number of imidazole rings is 1. The Kier molecular flexibility index (Phi) is 2.94. The monoisotopic (exact) mass is 219 g/mol. The molecule has 0 fully saturated rings. The standard InChI is InChI=1S/C12H17N3O/c1-8(2)12-14-6-10-5-9(11(13)7-16)3-4-15(10)12/h3-6,8,11,16H,7,13H2,1-2H3. The van der Waals surface area contributed by atoms with Crippen LogP contribution in [0.4, 0.5) is 0 Å². The predicted octanol–water partition coefficient (Wildman–Crippen LogP) is 1.45. The number of aliphatic hydroxyl groups is 1. The van der Waals surface area contributed by atoms with Crippen LogP contribution in [0.1, 0.15) is 37.2 Å². The lowest BCUT2D eigenvalue weighted by molar-refractivity contribution is 0.268. The van der Waals surface area contributed by atoms with Gasteiger partial charge in [0.1, 0.15) is 5.82 Å². The van der Waals surface area contributed by atoms with Crippen molar-refractivity contribution in [2.75, 3.05) is 6.61 Å². The Morgan fingerprint density at radius 1 is 1.50 bits per heavy atom. The topological polar surface area (TPSA) is 63.5 Å². The number of aromatic nitrogens is 2. The number of pyridine rings is 1. The minimum Gasteiger partial charge on any atom is -0.394 e. The summed E-state index contributed by atoms with van der Waals surface area (Å²) in [6, 6.07) is 3.59. The quantitative estimate of drug-likeness (QED) is 0.821. The fourth-order valence-electron chi connectivity index (χ4n) is 1.80. The third-order valence-electron chi connectivity index (χ3n) is 2.73. The molecular formula is C12H17N3O. The highest BCUT2D eigenvalue weighted by Crippen LogP contribution is 2.18. The molecule has 16 heavy (non-hydrogen) atoms. The van der Waals surface area contributed by atoms with Crippen LogP contribution in [0.5, 0.6) is 0 Å². The highest BCUT2D eigenvalue weighted by Gasteiger charge is 2.10. The first-order valence-electron chi connectivity index (χ1n) is 5.47. The molecule has 1 atom stereocenters. The lowest BCUT2D eigenvalue weighted by atomic mass is 10.1. The zero-order valence-electron chi connectivity index (χ0n) is 9.59. The maximum Gasteiger partial charge on any atom is 0.115 e. The molecule has 0 aliphatic carbocycles. The van der Waals surface area contributed by atoms with Crippen LogP contribution in [-0.2, 0) is 0 Å². The minimum atomic E-state index is -0.317. The average Bonchev–Trinajstić information content (AvgIpc) is 2.70. The average molecular weight is 219 g/mol. The van der Waals surface area contributed by atoms with Crippen molar-refractivity contribution < 1.29 is 5.11 Å². The summed E-state index contributed by atoms with van der Waals surface area (Å²) in [5.74, 6) is 1.43. The van der Waals surface area contributed by atoms with Gasteiger partial charge in [0.05, 0.1) is 24.4 Å². The van der Waals surface area contributed by atoms with Crippen LogP contribution in [0.25, 0.3) is 5.52 Å². The Hall–Kier alpha value is -1.39. The molecule has 2 aromatic rings. The largest absolute Gasteiger partial charge is 0.394 e. The molecule has 0 amide bonds. The second-order valence-corrected chi connectivity index (χ2v) is 4.32. The van der Waals surface area contributed by atoms with E-state index < -0.39 is 0 Å². The van der Waals surface area contributed by atoms with Gasteiger partial charge in [0.15, 0.2) is 0 Å². The van der Waals surface area contributed by atoms with Crippen LogP contribution >= 0.6 is 0 Å². The molecule has 0 saturated heterocycles. The van der Waals surface area contributed by atoms with E-state index in [0.717, 1.165) is 16.9 Å². The van der Waals surface area contributed by atoms with Crippen molar-refractivity contribution in [1.82, 2.24) is 9.38 Å². The van der Waals surface area contributed by atoms with E-state index in [1.165, 1.54) is 0 Å². The van der Waals surface area contributed by atoms with Crippen LogP contribution in [0.3, 0.4) is 0 Å². The molecule has 86 valence electrons. The molecular weight excluding hydrogens is 202 g/mol. The zero-order valence-corrected chi connectivity index (χ0v) is 9.59. The summed E-state index contributed by atoms with van der Waals surface area (Å²) < 4.78 is 2.05. The predicted molar refractivity (Wildman–Crippen MR) is 63.3 cm³/mol. The molecule has 2 aromatic heterocycles. The molecule has 2 rings (SSSR count). The molecule has 3 N–H and O–H groups in total. The summed E-state index contributed by atoms with van der Waals surface area (Å²) >= 11 is 0. The van der Waals surface area contributed by atoms with E-state index >= 15 is 0 Å². The molecule has 4 heteroatoms. The molecule has 0 aliphatic heterocycles. The summed E-state index contributed by atoms with van der Waals surface area (Å²) in [5, 5.41) is 9.01. The van der Waals surface area contributed by atoms with E-state index in [4.69, 9.17) is 10.8 Å². The van der Waals surface area contributed by atoms with Gasteiger partial charge in [-0.2, -0.15) is 0 Å². The summed E-state index contributed by atoms with van der Waals surface area (Å²) in [6.07, 6.45) is 3.80. The van der Waals surface area contributed by atoms with Crippen molar-refractivity contribution in [3.63, 3.8) is 0 Å². The Labute approximate surface area is 94.7 Å². The van der Waals surface area contributed by atoms with Crippen molar-refractivity contribution in [2.24, 2.45) is 5.73 Å². The first-order chi connectivity index (χ1) is 7.63. The van der Waals surface area contributed by atoms with Crippen LogP contribution < -0.4 is 5.73 Å².